The van der Waals surface area contributed by atoms with E-state index in [1.165, 1.54) is 41.8 Å². The van der Waals surface area contributed by atoms with Gasteiger partial charge in [-0.3, -0.25) is 4.79 Å². The van der Waals surface area contributed by atoms with E-state index in [1.807, 2.05) is 0 Å². The maximum Gasteiger partial charge on any atom is 0.252 e. The van der Waals surface area contributed by atoms with Crippen molar-refractivity contribution in [3.8, 4) is 0 Å². The van der Waals surface area contributed by atoms with Crippen LogP contribution in [0.1, 0.15) is 68.6 Å². The number of benzene rings is 1. The van der Waals surface area contributed by atoms with Crippen molar-refractivity contribution in [2.45, 2.75) is 69.2 Å². The van der Waals surface area contributed by atoms with Crippen LogP contribution in [0.5, 0.6) is 0 Å². The number of piperidine rings is 1. The van der Waals surface area contributed by atoms with Crippen LogP contribution in [0, 0.1) is 0 Å². The van der Waals surface area contributed by atoms with Gasteiger partial charge in [-0.25, -0.2) is 8.42 Å². The molecule has 2 heterocycles. The predicted octanol–water partition coefficient (Wildman–Crippen LogP) is 3.90. The molecule has 2 saturated heterocycles. The molecule has 30 heavy (non-hydrogen) atoms. The van der Waals surface area contributed by atoms with Gasteiger partial charge in [0.15, 0.2) is 0 Å². The monoisotopic (exact) mass is 455 g/mol. The lowest BCUT2D eigenvalue weighted by Crippen LogP contribution is -2.39. The van der Waals surface area contributed by atoms with Gasteiger partial charge in [0.25, 0.3) is 5.91 Å². The van der Waals surface area contributed by atoms with E-state index in [-0.39, 0.29) is 21.4 Å². The van der Waals surface area contributed by atoms with Crippen molar-refractivity contribution in [1.29, 1.82) is 0 Å². The first kappa shape index (κ1) is 23.5. The molecule has 1 amide bonds. The summed E-state index contributed by atoms with van der Waals surface area (Å²) >= 11 is 6.23. The van der Waals surface area contributed by atoms with Gasteiger partial charge in [0.2, 0.25) is 10.0 Å². The topological polar surface area (TPSA) is 69.7 Å². The van der Waals surface area contributed by atoms with E-state index in [0.717, 1.165) is 45.2 Å². The minimum absolute atomic E-state index is 0.140. The van der Waals surface area contributed by atoms with Crippen molar-refractivity contribution in [3.63, 3.8) is 0 Å². The number of nitrogens with zero attached hydrogens (tertiary/aromatic N) is 2. The minimum atomic E-state index is -3.62. The first-order valence-corrected chi connectivity index (χ1v) is 13.0. The second kappa shape index (κ2) is 10.9. The van der Waals surface area contributed by atoms with Crippen molar-refractivity contribution >= 4 is 27.5 Å². The molecule has 3 rings (SSSR count). The summed E-state index contributed by atoms with van der Waals surface area (Å²) in [4.78, 5) is 15.3. The third-order valence-electron chi connectivity index (χ3n) is 6.23. The van der Waals surface area contributed by atoms with Gasteiger partial charge >= 0.3 is 0 Å². The molecule has 1 atom stereocenters. The second-order valence-electron chi connectivity index (χ2n) is 8.45. The van der Waals surface area contributed by atoms with Crippen molar-refractivity contribution in [3.05, 3.63) is 28.8 Å². The molecule has 0 unspecified atom stereocenters. The lowest BCUT2D eigenvalue weighted by Gasteiger charge is -2.33. The largest absolute Gasteiger partial charge is 0.352 e. The minimum Gasteiger partial charge on any atom is -0.352 e. The van der Waals surface area contributed by atoms with Crippen molar-refractivity contribution in [1.82, 2.24) is 14.5 Å². The Kier molecular flexibility index (Phi) is 8.57. The number of carbonyl (C=O) groups excluding carboxylic acids is 1. The zero-order valence-electron chi connectivity index (χ0n) is 17.9. The van der Waals surface area contributed by atoms with Gasteiger partial charge in [0.1, 0.15) is 0 Å². The van der Waals surface area contributed by atoms with Crippen LogP contribution in [0.25, 0.3) is 0 Å². The fourth-order valence-corrected chi connectivity index (χ4v) is 6.09. The van der Waals surface area contributed by atoms with Crippen LogP contribution >= 0.6 is 11.6 Å². The van der Waals surface area contributed by atoms with Crippen LogP contribution in [0.3, 0.4) is 0 Å². The molecule has 2 aliphatic rings. The third-order valence-corrected chi connectivity index (χ3v) is 8.46. The maximum atomic E-state index is 13.0. The van der Waals surface area contributed by atoms with Gasteiger partial charge in [-0.1, -0.05) is 30.9 Å². The van der Waals surface area contributed by atoms with E-state index in [2.05, 4.69) is 17.1 Å². The molecule has 2 fully saturated rings. The van der Waals surface area contributed by atoms with Gasteiger partial charge in [-0.2, -0.15) is 4.31 Å². The summed E-state index contributed by atoms with van der Waals surface area (Å²) in [6.07, 6.45) is 8.48. The highest BCUT2D eigenvalue weighted by atomic mass is 35.5. The number of carbonyl (C=O) groups is 1. The summed E-state index contributed by atoms with van der Waals surface area (Å²) in [5, 5.41) is 3.17. The lowest BCUT2D eigenvalue weighted by molar-refractivity contribution is 0.0949. The number of nitrogens with one attached hydrogen (secondary N) is 1. The number of likely N-dealkylation sites (tertiary alicyclic amines) is 1. The molecule has 1 aromatic carbocycles. The number of rotatable bonds is 7. The van der Waals surface area contributed by atoms with Crippen LogP contribution in [0.4, 0.5) is 0 Å². The summed E-state index contributed by atoms with van der Waals surface area (Å²) in [7, 11) is -3.62. The Morgan fingerprint density at radius 1 is 1.10 bits per heavy atom. The summed E-state index contributed by atoms with van der Waals surface area (Å²) in [5.41, 5.74) is 0.221. The summed E-state index contributed by atoms with van der Waals surface area (Å²) in [5.74, 6) is -0.320. The molecule has 0 aromatic heterocycles. The first-order valence-electron chi connectivity index (χ1n) is 11.2. The Hall–Kier alpha value is -1.15. The number of hydrogen-bond acceptors (Lipinski definition) is 4. The normalized spacial score (nSPS) is 21.9. The fraction of sp³-hybridized carbons (Fsp3) is 0.682. The summed E-state index contributed by atoms with van der Waals surface area (Å²) in [6.45, 7) is 5.94. The molecule has 8 heteroatoms. The predicted molar refractivity (Wildman–Crippen MR) is 121 cm³/mol. The van der Waals surface area contributed by atoms with Crippen molar-refractivity contribution < 1.29 is 13.2 Å². The number of sulfonamides is 1. The molecular formula is C22H34ClN3O3S. The fourth-order valence-electron chi connectivity index (χ4n) is 4.34. The summed E-state index contributed by atoms with van der Waals surface area (Å²) < 4.78 is 27.6. The van der Waals surface area contributed by atoms with Gasteiger partial charge in [-0.05, 0) is 63.8 Å². The average Bonchev–Trinajstić information content (AvgIpc) is 3.02. The highest BCUT2D eigenvalue weighted by Gasteiger charge is 2.26. The second-order valence-corrected chi connectivity index (χ2v) is 10.8. The van der Waals surface area contributed by atoms with Crippen LogP contribution in [-0.4, -0.2) is 62.3 Å². The van der Waals surface area contributed by atoms with E-state index >= 15 is 0 Å². The average molecular weight is 456 g/mol. The molecule has 0 radical (unpaired) electrons. The molecule has 168 valence electrons. The Balaban J connectivity index is 1.60. The Morgan fingerprint density at radius 3 is 2.50 bits per heavy atom. The maximum absolute atomic E-state index is 13.0. The molecule has 2 aliphatic heterocycles. The molecule has 0 saturated carbocycles. The van der Waals surface area contributed by atoms with Crippen molar-refractivity contribution in [2.24, 2.45) is 0 Å². The molecule has 1 N–H and O–H groups in total. The zero-order chi connectivity index (χ0) is 21.6. The lowest BCUT2D eigenvalue weighted by atomic mass is 10.0. The van der Waals surface area contributed by atoms with Crippen LogP contribution < -0.4 is 5.32 Å². The summed E-state index contributed by atoms with van der Waals surface area (Å²) in [6, 6.07) is 5.03. The number of amides is 1. The van der Waals surface area contributed by atoms with Crippen LogP contribution in [-0.2, 0) is 10.0 Å². The van der Waals surface area contributed by atoms with Gasteiger partial charge in [0.05, 0.1) is 15.5 Å². The molecule has 6 nitrogen and oxygen atoms in total. The number of hydrogen-bond donors (Lipinski definition) is 1. The smallest absolute Gasteiger partial charge is 0.252 e. The van der Waals surface area contributed by atoms with Crippen LogP contribution in [0.2, 0.25) is 5.02 Å². The van der Waals surface area contributed by atoms with E-state index in [1.54, 1.807) is 0 Å². The zero-order valence-corrected chi connectivity index (χ0v) is 19.5. The van der Waals surface area contributed by atoms with Gasteiger partial charge in [-0.15, -0.1) is 0 Å². The first-order chi connectivity index (χ1) is 14.4. The van der Waals surface area contributed by atoms with Crippen LogP contribution in [0.15, 0.2) is 23.1 Å². The number of halogens is 1. The molecule has 1 aromatic rings. The van der Waals surface area contributed by atoms with Gasteiger partial charge < -0.3 is 10.2 Å². The van der Waals surface area contributed by atoms with E-state index in [4.69, 9.17) is 11.6 Å². The van der Waals surface area contributed by atoms with E-state index in [9.17, 15) is 13.2 Å². The Morgan fingerprint density at radius 2 is 1.80 bits per heavy atom. The molecule has 0 spiro atoms. The molecule has 0 aliphatic carbocycles. The molecular weight excluding hydrogens is 422 g/mol. The van der Waals surface area contributed by atoms with E-state index in [0.29, 0.717) is 25.7 Å². The third kappa shape index (κ3) is 5.96. The highest BCUT2D eigenvalue weighted by molar-refractivity contribution is 7.89. The highest BCUT2D eigenvalue weighted by Crippen LogP contribution is 2.25. The standard InChI is InChI=1S/C22H34ClN3O3S/c1-18-9-4-7-13-25(18)14-8-12-24-22(27)20-17-19(10-11-21(20)23)30(28,29)26-15-5-2-3-6-16-26/h10-11,17-18H,2-9,12-16H2,1H3,(H,24,27)/t18-/m1/s1. The Labute approximate surface area is 186 Å². The Bertz CT molecular complexity index is 823. The van der Waals surface area contributed by atoms with Crippen molar-refractivity contribution in [2.75, 3.05) is 32.7 Å². The quantitative estimate of drug-likeness (QED) is 0.633. The SMILES string of the molecule is C[C@@H]1CCCCN1CCCNC(=O)c1cc(S(=O)(=O)N2CCCCCC2)ccc1Cl. The molecule has 0 bridgehead atoms. The van der Waals surface area contributed by atoms with E-state index < -0.39 is 10.0 Å². The van der Waals surface area contributed by atoms with Gasteiger partial charge in [0, 0.05) is 32.2 Å².